The maximum atomic E-state index is 5.63. The lowest BCUT2D eigenvalue weighted by Crippen LogP contribution is -2.33. The number of nitrogens with zero attached hydrogens (tertiary/aromatic N) is 1. The lowest BCUT2D eigenvalue weighted by molar-refractivity contribution is 0.124. The molecule has 1 rings (SSSR count). The minimum atomic E-state index is 0.144. The van der Waals surface area contributed by atoms with Crippen molar-refractivity contribution >= 4 is 11.3 Å². The van der Waals surface area contributed by atoms with Gasteiger partial charge in [0.2, 0.25) is 0 Å². The molecule has 0 aromatic carbocycles. The smallest absolute Gasteiger partial charge is 0.0944 e. The second-order valence-corrected chi connectivity index (χ2v) is 7.58. The number of ether oxygens (including phenoxy) is 1. The number of hydrogen-bond acceptors (Lipinski definition) is 4. The van der Waals surface area contributed by atoms with Crippen molar-refractivity contribution in [3.05, 3.63) is 16.1 Å². The van der Waals surface area contributed by atoms with E-state index in [9.17, 15) is 0 Å². The molecule has 0 spiro atoms. The molecule has 1 heterocycles. The predicted octanol–water partition coefficient (Wildman–Crippen LogP) is 4.17. The number of hydrogen-bond donors (Lipinski definition) is 1. The van der Waals surface area contributed by atoms with Gasteiger partial charge in [-0.05, 0) is 25.8 Å². The summed E-state index contributed by atoms with van der Waals surface area (Å²) in [7, 11) is 0. The van der Waals surface area contributed by atoms with E-state index in [2.05, 4.69) is 45.3 Å². The van der Waals surface area contributed by atoms with Crippen molar-refractivity contribution in [3.8, 4) is 0 Å². The molecule has 0 saturated carbocycles. The average molecular weight is 313 g/mol. The molecule has 0 aliphatic heterocycles. The second-order valence-electron chi connectivity index (χ2n) is 6.63. The Morgan fingerprint density at radius 1 is 1.24 bits per heavy atom. The number of thiazole rings is 1. The van der Waals surface area contributed by atoms with Crippen molar-refractivity contribution in [2.24, 2.45) is 0 Å². The van der Waals surface area contributed by atoms with Gasteiger partial charge in [0, 0.05) is 36.5 Å². The summed E-state index contributed by atoms with van der Waals surface area (Å²) in [6, 6.07) is 0.473. The molecule has 0 bridgehead atoms. The lowest BCUT2D eigenvalue weighted by atomic mass is 9.93. The van der Waals surface area contributed by atoms with Gasteiger partial charge in [-0.15, -0.1) is 11.3 Å². The van der Waals surface area contributed by atoms with Crippen LogP contribution in [0.2, 0.25) is 0 Å². The summed E-state index contributed by atoms with van der Waals surface area (Å²) in [5, 5.41) is 7.08. The Morgan fingerprint density at radius 3 is 2.57 bits per heavy atom. The van der Waals surface area contributed by atoms with E-state index in [1.165, 1.54) is 10.7 Å². The van der Waals surface area contributed by atoms with E-state index in [1.54, 1.807) is 11.3 Å². The third kappa shape index (κ3) is 7.39. The van der Waals surface area contributed by atoms with Gasteiger partial charge in [0.15, 0.2) is 0 Å². The van der Waals surface area contributed by atoms with Crippen LogP contribution in [0.15, 0.2) is 5.38 Å². The lowest BCUT2D eigenvalue weighted by Gasteiger charge is -2.18. The molecule has 0 saturated heterocycles. The van der Waals surface area contributed by atoms with Crippen molar-refractivity contribution in [2.75, 3.05) is 19.8 Å². The highest BCUT2D eigenvalue weighted by Gasteiger charge is 2.19. The summed E-state index contributed by atoms with van der Waals surface area (Å²) in [5.74, 6) is 0. The summed E-state index contributed by atoms with van der Waals surface area (Å²) < 4.78 is 5.63. The SMILES string of the molecule is CCCNC(CCOCCC)Cc1nc(C(C)(C)C)cs1. The fraction of sp³-hybridized carbons (Fsp3) is 0.824. The van der Waals surface area contributed by atoms with Gasteiger partial charge in [0.05, 0.1) is 10.7 Å². The van der Waals surface area contributed by atoms with Gasteiger partial charge >= 0.3 is 0 Å². The fourth-order valence-electron chi connectivity index (χ4n) is 2.06. The number of aromatic nitrogens is 1. The molecule has 4 heteroatoms. The minimum absolute atomic E-state index is 0.144. The second kappa shape index (κ2) is 9.54. The van der Waals surface area contributed by atoms with Gasteiger partial charge in [0.1, 0.15) is 0 Å². The third-order valence-corrected chi connectivity index (χ3v) is 4.25. The highest BCUT2D eigenvalue weighted by molar-refractivity contribution is 7.09. The van der Waals surface area contributed by atoms with Crippen LogP contribution in [0.25, 0.3) is 0 Å². The summed E-state index contributed by atoms with van der Waals surface area (Å²) in [4.78, 5) is 4.81. The molecule has 0 radical (unpaired) electrons. The average Bonchev–Trinajstić information content (AvgIpc) is 2.89. The minimum Gasteiger partial charge on any atom is -0.381 e. The van der Waals surface area contributed by atoms with Crippen LogP contribution in [0.5, 0.6) is 0 Å². The Morgan fingerprint density at radius 2 is 2.00 bits per heavy atom. The first-order chi connectivity index (χ1) is 9.97. The molecule has 1 aromatic rings. The summed E-state index contributed by atoms with van der Waals surface area (Å²) in [5.41, 5.74) is 1.35. The van der Waals surface area contributed by atoms with Crippen LogP contribution in [0.3, 0.4) is 0 Å². The van der Waals surface area contributed by atoms with Gasteiger partial charge in [-0.25, -0.2) is 4.98 Å². The van der Waals surface area contributed by atoms with Crippen LogP contribution in [0.1, 0.15) is 64.6 Å². The Balaban J connectivity index is 2.52. The third-order valence-electron chi connectivity index (χ3n) is 3.38. The molecule has 1 atom stereocenters. The molecular weight excluding hydrogens is 280 g/mol. The molecule has 0 amide bonds. The van der Waals surface area contributed by atoms with E-state index in [0.29, 0.717) is 6.04 Å². The molecule has 21 heavy (non-hydrogen) atoms. The maximum absolute atomic E-state index is 5.63. The zero-order valence-electron chi connectivity index (χ0n) is 14.4. The van der Waals surface area contributed by atoms with Crippen LogP contribution in [0.4, 0.5) is 0 Å². The molecule has 0 fully saturated rings. The molecular formula is C17H32N2OS. The van der Waals surface area contributed by atoms with E-state index in [-0.39, 0.29) is 5.41 Å². The van der Waals surface area contributed by atoms with E-state index in [0.717, 1.165) is 45.4 Å². The van der Waals surface area contributed by atoms with Crippen LogP contribution in [0, 0.1) is 0 Å². The standard InChI is InChI=1S/C17H32N2OS/c1-6-9-18-14(8-11-20-10-7-2)12-16-19-15(13-21-16)17(3,4)5/h13-14,18H,6-12H2,1-5H3. The summed E-state index contributed by atoms with van der Waals surface area (Å²) in [6.45, 7) is 13.8. The van der Waals surface area contributed by atoms with Crippen molar-refractivity contribution in [1.29, 1.82) is 0 Å². The monoisotopic (exact) mass is 312 g/mol. The Labute approximate surface area is 134 Å². The molecule has 1 N–H and O–H groups in total. The quantitative estimate of drug-likeness (QED) is 0.658. The largest absolute Gasteiger partial charge is 0.381 e. The first kappa shape index (κ1) is 18.6. The molecule has 3 nitrogen and oxygen atoms in total. The van der Waals surface area contributed by atoms with Gasteiger partial charge in [0.25, 0.3) is 0 Å². The Bertz CT molecular complexity index is 384. The zero-order valence-corrected chi connectivity index (χ0v) is 15.2. The Kier molecular flexibility index (Phi) is 8.45. The van der Waals surface area contributed by atoms with Gasteiger partial charge < -0.3 is 10.1 Å². The normalized spacial score (nSPS) is 13.6. The van der Waals surface area contributed by atoms with Crippen LogP contribution >= 0.6 is 11.3 Å². The van der Waals surface area contributed by atoms with Gasteiger partial charge in [-0.3, -0.25) is 0 Å². The van der Waals surface area contributed by atoms with Gasteiger partial charge in [-0.1, -0.05) is 34.6 Å². The van der Waals surface area contributed by atoms with E-state index in [4.69, 9.17) is 9.72 Å². The fourth-order valence-corrected chi connectivity index (χ4v) is 3.16. The van der Waals surface area contributed by atoms with Crippen molar-refractivity contribution in [3.63, 3.8) is 0 Å². The predicted molar refractivity (Wildman–Crippen MR) is 92.3 cm³/mol. The van der Waals surface area contributed by atoms with E-state index < -0.39 is 0 Å². The van der Waals surface area contributed by atoms with Crippen molar-refractivity contribution in [1.82, 2.24) is 10.3 Å². The molecule has 1 aromatic heterocycles. The molecule has 0 aliphatic carbocycles. The number of rotatable bonds is 10. The highest BCUT2D eigenvalue weighted by atomic mass is 32.1. The molecule has 0 aliphatic rings. The molecule has 1 unspecified atom stereocenters. The van der Waals surface area contributed by atoms with Crippen molar-refractivity contribution < 1.29 is 4.74 Å². The summed E-state index contributed by atoms with van der Waals surface area (Å²) in [6.07, 6.45) is 4.33. The summed E-state index contributed by atoms with van der Waals surface area (Å²) >= 11 is 1.79. The van der Waals surface area contributed by atoms with Crippen LogP contribution in [-0.2, 0) is 16.6 Å². The first-order valence-electron chi connectivity index (χ1n) is 8.23. The van der Waals surface area contributed by atoms with Gasteiger partial charge in [-0.2, -0.15) is 0 Å². The first-order valence-corrected chi connectivity index (χ1v) is 9.11. The van der Waals surface area contributed by atoms with Crippen LogP contribution in [-0.4, -0.2) is 30.8 Å². The Hall–Kier alpha value is -0.450. The van der Waals surface area contributed by atoms with Crippen molar-refractivity contribution in [2.45, 2.75) is 71.8 Å². The van der Waals surface area contributed by atoms with Crippen LogP contribution < -0.4 is 5.32 Å². The van der Waals surface area contributed by atoms with E-state index >= 15 is 0 Å². The topological polar surface area (TPSA) is 34.1 Å². The highest BCUT2D eigenvalue weighted by Crippen LogP contribution is 2.24. The maximum Gasteiger partial charge on any atom is 0.0944 e. The van der Waals surface area contributed by atoms with E-state index in [1.807, 2.05) is 0 Å². The zero-order chi connectivity index (χ0) is 15.7. The molecule has 122 valence electrons. The number of nitrogens with one attached hydrogen (secondary N) is 1.